The van der Waals surface area contributed by atoms with Crippen molar-refractivity contribution in [2.75, 3.05) is 0 Å². The van der Waals surface area contributed by atoms with Gasteiger partial charge in [-0.15, -0.1) is 0 Å². The predicted molar refractivity (Wildman–Crippen MR) is 63.2 cm³/mol. The summed E-state index contributed by atoms with van der Waals surface area (Å²) in [5.41, 5.74) is -0.0187. The zero-order valence-electron chi connectivity index (χ0n) is 9.49. The van der Waals surface area contributed by atoms with Crippen LogP contribution in [0.1, 0.15) is 21.6 Å². The number of hydrogen-bond donors (Lipinski definition) is 0. The van der Waals surface area contributed by atoms with E-state index in [1.807, 2.05) is 0 Å². The average molecular weight is 289 g/mol. The van der Waals surface area contributed by atoms with Crippen LogP contribution in [0.3, 0.4) is 0 Å². The minimum atomic E-state index is -4.43. The summed E-state index contributed by atoms with van der Waals surface area (Å²) in [6.45, 7) is 0.137. The maximum atomic E-state index is 12.5. The molecule has 19 heavy (non-hydrogen) atoms. The van der Waals surface area contributed by atoms with Crippen LogP contribution in [0.2, 0.25) is 5.02 Å². The molecule has 0 atom stereocenters. The lowest BCUT2D eigenvalue weighted by atomic mass is 10.1. The quantitative estimate of drug-likeness (QED) is 0.811. The fourth-order valence-corrected chi connectivity index (χ4v) is 1.83. The van der Waals surface area contributed by atoms with Gasteiger partial charge in [0.15, 0.2) is 6.29 Å². The second-order valence-corrected chi connectivity index (χ2v) is 4.24. The summed E-state index contributed by atoms with van der Waals surface area (Å²) in [6.07, 6.45) is -2.38. The first-order valence-electron chi connectivity index (χ1n) is 5.24. The number of alkyl halides is 3. The Bertz CT molecular complexity index is 607. The molecule has 2 aromatic rings. The van der Waals surface area contributed by atoms with E-state index in [1.54, 1.807) is 0 Å². The Kier molecular flexibility index (Phi) is 3.61. The number of aromatic nitrogens is 2. The van der Waals surface area contributed by atoms with Gasteiger partial charge >= 0.3 is 6.18 Å². The van der Waals surface area contributed by atoms with Crippen LogP contribution < -0.4 is 0 Å². The van der Waals surface area contributed by atoms with E-state index in [0.29, 0.717) is 17.5 Å². The highest BCUT2D eigenvalue weighted by Crippen LogP contribution is 2.32. The van der Waals surface area contributed by atoms with Crippen LogP contribution in [0.25, 0.3) is 0 Å². The summed E-state index contributed by atoms with van der Waals surface area (Å²) in [5.74, 6) is 0. The molecule has 7 heteroatoms. The predicted octanol–water partition coefficient (Wildman–Crippen LogP) is 3.42. The molecule has 0 unspecified atom stereocenters. The van der Waals surface area contributed by atoms with E-state index < -0.39 is 11.7 Å². The number of hydrogen-bond acceptors (Lipinski definition) is 2. The molecule has 0 aliphatic carbocycles. The lowest BCUT2D eigenvalue weighted by Crippen LogP contribution is -2.08. The number of benzene rings is 1. The minimum absolute atomic E-state index is 0.0119. The average Bonchev–Trinajstić information content (AvgIpc) is 2.77. The van der Waals surface area contributed by atoms with Crippen LogP contribution in [0.15, 0.2) is 30.5 Å². The maximum absolute atomic E-state index is 12.5. The fourth-order valence-electron chi connectivity index (χ4n) is 1.59. The van der Waals surface area contributed by atoms with Crippen molar-refractivity contribution < 1.29 is 18.0 Å². The smallest absolute Gasteiger partial charge is 0.296 e. The molecule has 1 aromatic carbocycles. The molecule has 0 bridgehead atoms. The van der Waals surface area contributed by atoms with Gasteiger partial charge < -0.3 is 0 Å². The molecule has 0 spiro atoms. The van der Waals surface area contributed by atoms with Crippen molar-refractivity contribution in [3.8, 4) is 0 Å². The van der Waals surface area contributed by atoms with Gasteiger partial charge in [-0.1, -0.05) is 17.7 Å². The number of halogens is 4. The van der Waals surface area contributed by atoms with Gasteiger partial charge in [-0.2, -0.15) is 18.3 Å². The van der Waals surface area contributed by atoms with E-state index in [9.17, 15) is 18.0 Å². The normalized spacial score (nSPS) is 11.6. The summed E-state index contributed by atoms with van der Waals surface area (Å²) >= 11 is 5.82. The molecule has 0 fully saturated rings. The van der Waals surface area contributed by atoms with Crippen LogP contribution >= 0.6 is 11.6 Å². The van der Waals surface area contributed by atoms with Crippen LogP contribution in [-0.4, -0.2) is 16.1 Å². The topological polar surface area (TPSA) is 34.9 Å². The zero-order chi connectivity index (χ0) is 14.0. The minimum Gasteiger partial charge on any atom is -0.296 e. The molecule has 0 saturated heterocycles. The van der Waals surface area contributed by atoms with E-state index in [4.69, 9.17) is 11.6 Å². The largest absolute Gasteiger partial charge is 0.416 e. The van der Waals surface area contributed by atoms with Gasteiger partial charge in [0.2, 0.25) is 0 Å². The van der Waals surface area contributed by atoms with Gasteiger partial charge in [-0.05, 0) is 23.8 Å². The summed E-state index contributed by atoms with van der Waals surface area (Å²) in [5, 5.41) is 3.89. The fraction of sp³-hybridized carbons (Fsp3) is 0.167. The summed E-state index contributed by atoms with van der Waals surface area (Å²) < 4.78 is 38.8. The zero-order valence-corrected chi connectivity index (χ0v) is 10.2. The highest BCUT2D eigenvalue weighted by Gasteiger charge is 2.30. The third-order valence-corrected chi connectivity index (χ3v) is 2.92. The Morgan fingerprint density at radius 3 is 2.63 bits per heavy atom. The Labute approximate surface area is 111 Å². The van der Waals surface area contributed by atoms with Crippen molar-refractivity contribution >= 4 is 17.9 Å². The summed E-state index contributed by atoms with van der Waals surface area (Å²) in [4.78, 5) is 10.7. The Balaban J connectivity index is 2.30. The third-order valence-electron chi connectivity index (χ3n) is 2.57. The number of nitrogens with zero attached hydrogens (tertiary/aromatic N) is 2. The summed E-state index contributed by atoms with van der Waals surface area (Å²) in [6, 6.07) is 4.60. The molecule has 0 amide bonds. The van der Waals surface area contributed by atoms with Crippen LogP contribution in [0.5, 0.6) is 0 Å². The number of rotatable bonds is 3. The number of aldehydes is 1. The van der Waals surface area contributed by atoms with Crippen molar-refractivity contribution in [1.29, 1.82) is 0 Å². The summed E-state index contributed by atoms with van der Waals surface area (Å²) in [7, 11) is 0. The van der Waals surface area contributed by atoms with Crippen LogP contribution in [0, 0.1) is 0 Å². The van der Waals surface area contributed by atoms with Crippen molar-refractivity contribution in [3.05, 3.63) is 52.3 Å². The lowest BCUT2D eigenvalue weighted by Gasteiger charge is -2.10. The van der Waals surface area contributed by atoms with Crippen molar-refractivity contribution in [1.82, 2.24) is 9.78 Å². The van der Waals surface area contributed by atoms with Gasteiger partial charge in [0.05, 0.1) is 12.1 Å². The van der Waals surface area contributed by atoms with Crippen LogP contribution in [0.4, 0.5) is 13.2 Å². The van der Waals surface area contributed by atoms with E-state index >= 15 is 0 Å². The molecule has 0 saturated carbocycles. The second-order valence-electron chi connectivity index (χ2n) is 3.84. The van der Waals surface area contributed by atoms with E-state index in [0.717, 1.165) is 12.1 Å². The Morgan fingerprint density at radius 2 is 2.05 bits per heavy atom. The second kappa shape index (κ2) is 5.05. The molecule has 1 heterocycles. The molecule has 0 aliphatic heterocycles. The molecule has 0 N–H and O–H groups in total. The SMILES string of the molecule is O=Cc1ccnn1Cc1ccc(C(F)(F)F)cc1Cl. The van der Waals surface area contributed by atoms with Gasteiger partial charge in [0.25, 0.3) is 0 Å². The van der Waals surface area contributed by atoms with E-state index in [1.165, 1.54) is 23.0 Å². The van der Waals surface area contributed by atoms with Gasteiger partial charge in [-0.25, -0.2) is 0 Å². The Hall–Kier alpha value is -1.82. The number of carbonyl (C=O) groups excluding carboxylic acids is 1. The maximum Gasteiger partial charge on any atom is 0.416 e. The third kappa shape index (κ3) is 2.96. The van der Waals surface area contributed by atoms with Gasteiger partial charge in [0, 0.05) is 11.2 Å². The molecule has 100 valence electrons. The highest BCUT2D eigenvalue weighted by molar-refractivity contribution is 6.31. The van der Waals surface area contributed by atoms with E-state index in [-0.39, 0.29) is 11.6 Å². The standard InChI is InChI=1S/C12H8ClF3N2O/c13-11-5-9(12(14,15)16)2-1-8(11)6-18-10(7-19)3-4-17-18/h1-5,7H,6H2. The monoisotopic (exact) mass is 288 g/mol. The van der Waals surface area contributed by atoms with Crippen molar-refractivity contribution in [3.63, 3.8) is 0 Å². The van der Waals surface area contributed by atoms with Crippen LogP contribution in [-0.2, 0) is 12.7 Å². The molecule has 0 radical (unpaired) electrons. The van der Waals surface area contributed by atoms with Crippen molar-refractivity contribution in [2.24, 2.45) is 0 Å². The molecular formula is C12H8ClF3N2O. The molecule has 1 aromatic heterocycles. The molecule has 0 aliphatic rings. The van der Waals surface area contributed by atoms with Crippen molar-refractivity contribution in [2.45, 2.75) is 12.7 Å². The Morgan fingerprint density at radius 1 is 1.32 bits per heavy atom. The number of carbonyl (C=O) groups is 1. The molecular weight excluding hydrogens is 281 g/mol. The first kappa shape index (κ1) is 13.6. The molecule has 2 rings (SSSR count). The highest BCUT2D eigenvalue weighted by atomic mass is 35.5. The van der Waals surface area contributed by atoms with E-state index in [2.05, 4.69) is 5.10 Å². The first-order valence-corrected chi connectivity index (χ1v) is 5.62. The lowest BCUT2D eigenvalue weighted by molar-refractivity contribution is -0.137. The molecule has 3 nitrogen and oxygen atoms in total. The van der Waals surface area contributed by atoms with Gasteiger partial charge in [-0.3, -0.25) is 9.48 Å². The van der Waals surface area contributed by atoms with Gasteiger partial charge in [0.1, 0.15) is 5.69 Å². The first-order chi connectivity index (χ1) is 8.91.